The zero-order valence-corrected chi connectivity index (χ0v) is 12.4. The SMILES string of the molecule is CC(C)Oc1cccc(NCC(C)(C)CCO)c1N. The Bertz CT molecular complexity index is 403. The quantitative estimate of drug-likeness (QED) is 0.664. The molecule has 0 spiro atoms. The number of nitrogen functional groups attached to an aromatic ring is 1. The van der Waals surface area contributed by atoms with Crippen LogP contribution in [0.25, 0.3) is 0 Å². The average Bonchev–Trinajstić information content (AvgIpc) is 2.29. The molecule has 0 aliphatic heterocycles. The lowest BCUT2D eigenvalue weighted by Crippen LogP contribution is -2.24. The van der Waals surface area contributed by atoms with Gasteiger partial charge in [0.1, 0.15) is 5.75 Å². The standard InChI is InChI=1S/C15H26N2O2/c1-11(2)19-13-7-5-6-12(14(13)16)17-10-15(3,4)8-9-18/h5-7,11,17-18H,8-10,16H2,1-4H3. The number of nitrogens with one attached hydrogen (secondary N) is 1. The Balaban J connectivity index is 2.74. The maximum absolute atomic E-state index is 9.02. The number of rotatable bonds is 7. The van der Waals surface area contributed by atoms with Crippen molar-refractivity contribution in [3.8, 4) is 5.75 Å². The average molecular weight is 266 g/mol. The fourth-order valence-corrected chi connectivity index (χ4v) is 1.78. The molecule has 0 aliphatic rings. The van der Waals surface area contributed by atoms with Crippen LogP contribution in [0.2, 0.25) is 0 Å². The van der Waals surface area contributed by atoms with Crippen molar-refractivity contribution in [1.82, 2.24) is 0 Å². The van der Waals surface area contributed by atoms with Gasteiger partial charge in [0, 0.05) is 13.2 Å². The van der Waals surface area contributed by atoms with E-state index < -0.39 is 0 Å². The van der Waals surface area contributed by atoms with E-state index in [1.807, 2.05) is 32.0 Å². The number of hydrogen-bond acceptors (Lipinski definition) is 4. The van der Waals surface area contributed by atoms with Gasteiger partial charge in [-0.3, -0.25) is 0 Å². The summed E-state index contributed by atoms with van der Waals surface area (Å²) in [5.74, 6) is 0.708. The maximum Gasteiger partial charge on any atom is 0.144 e. The lowest BCUT2D eigenvalue weighted by Gasteiger charge is -2.25. The van der Waals surface area contributed by atoms with Crippen molar-refractivity contribution >= 4 is 11.4 Å². The van der Waals surface area contributed by atoms with Crippen LogP contribution in [0.1, 0.15) is 34.1 Å². The number of nitrogens with two attached hydrogens (primary N) is 1. The Morgan fingerprint density at radius 2 is 2.05 bits per heavy atom. The second kappa shape index (κ2) is 6.66. The first-order chi connectivity index (χ1) is 8.85. The Morgan fingerprint density at radius 1 is 1.37 bits per heavy atom. The predicted molar refractivity (Wildman–Crippen MR) is 80.6 cm³/mol. The largest absolute Gasteiger partial charge is 0.489 e. The molecule has 19 heavy (non-hydrogen) atoms. The Morgan fingerprint density at radius 3 is 2.63 bits per heavy atom. The van der Waals surface area contributed by atoms with Gasteiger partial charge in [0.15, 0.2) is 0 Å². The van der Waals surface area contributed by atoms with Crippen molar-refractivity contribution in [2.45, 2.75) is 40.2 Å². The summed E-state index contributed by atoms with van der Waals surface area (Å²) < 4.78 is 5.66. The molecule has 108 valence electrons. The molecule has 0 amide bonds. The van der Waals surface area contributed by atoms with E-state index in [0.29, 0.717) is 11.4 Å². The van der Waals surface area contributed by atoms with Gasteiger partial charge in [0.2, 0.25) is 0 Å². The third-order valence-corrected chi connectivity index (χ3v) is 2.97. The smallest absolute Gasteiger partial charge is 0.144 e. The highest BCUT2D eigenvalue weighted by Gasteiger charge is 2.17. The summed E-state index contributed by atoms with van der Waals surface area (Å²) in [5, 5.41) is 12.4. The van der Waals surface area contributed by atoms with Crippen LogP contribution in [0, 0.1) is 5.41 Å². The van der Waals surface area contributed by atoms with Gasteiger partial charge in [-0.25, -0.2) is 0 Å². The van der Waals surface area contributed by atoms with Gasteiger partial charge >= 0.3 is 0 Å². The molecule has 0 radical (unpaired) electrons. The van der Waals surface area contributed by atoms with Crippen LogP contribution in [-0.2, 0) is 0 Å². The van der Waals surface area contributed by atoms with E-state index in [9.17, 15) is 0 Å². The third-order valence-electron chi connectivity index (χ3n) is 2.97. The zero-order chi connectivity index (χ0) is 14.5. The van der Waals surface area contributed by atoms with Crippen molar-refractivity contribution in [3.05, 3.63) is 18.2 Å². The normalized spacial score (nSPS) is 11.7. The fraction of sp³-hybridized carbons (Fsp3) is 0.600. The minimum atomic E-state index is 0.0239. The second-order valence-corrected chi connectivity index (χ2v) is 5.88. The fourth-order valence-electron chi connectivity index (χ4n) is 1.78. The first kappa shape index (κ1) is 15.6. The first-order valence-electron chi connectivity index (χ1n) is 6.75. The van der Waals surface area contributed by atoms with Crippen LogP contribution in [-0.4, -0.2) is 24.4 Å². The number of anilines is 2. The molecular weight excluding hydrogens is 240 g/mol. The number of hydrogen-bond donors (Lipinski definition) is 3. The molecular formula is C15H26N2O2. The number of ether oxygens (including phenoxy) is 1. The molecule has 0 aliphatic carbocycles. The number of para-hydroxylation sites is 1. The summed E-state index contributed by atoms with van der Waals surface area (Å²) in [7, 11) is 0. The van der Waals surface area contributed by atoms with E-state index in [2.05, 4.69) is 19.2 Å². The van der Waals surface area contributed by atoms with Gasteiger partial charge in [0.05, 0.1) is 17.5 Å². The Labute approximate surface area is 116 Å². The van der Waals surface area contributed by atoms with Gasteiger partial charge in [0.25, 0.3) is 0 Å². The van der Waals surface area contributed by atoms with Crippen LogP contribution >= 0.6 is 0 Å². The molecule has 0 bridgehead atoms. The van der Waals surface area contributed by atoms with Crippen LogP contribution in [0.5, 0.6) is 5.75 Å². The molecule has 1 aromatic carbocycles. The zero-order valence-electron chi connectivity index (χ0n) is 12.4. The van der Waals surface area contributed by atoms with Crippen LogP contribution < -0.4 is 15.8 Å². The van der Waals surface area contributed by atoms with Gasteiger partial charge in [-0.2, -0.15) is 0 Å². The van der Waals surface area contributed by atoms with Crippen LogP contribution in [0.3, 0.4) is 0 Å². The second-order valence-electron chi connectivity index (χ2n) is 5.88. The lowest BCUT2D eigenvalue weighted by molar-refractivity contribution is 0.220. The highest BCUT2D eigenvalue weighted by molar-refractivity contribution is 5.73. The van der Waals surface area contributed by atoms with Crippen LogP contribution in [0.15, 0.2) is 18.2 Å². The predicted octanol–water partition coefficient (Wildman–Crippen LogP) is 2.88. The molecule has 1 aromatic rings. The molecule has 0 saturated carbocycles. The lowest BCUT2D eigenvalue weighted by atomic mass is 9.89. The van der Waals surface area contributed by atoms with Crippen molar-refractivity contribution < 1.29 is 9.84 Å². The summed E-state index contributed by atoms with van der Waals surface area (Å²) in [6.07, 6.45) is 0.852. The maximum atomic E-state index is 9.02. The summed E-state index contributed by atoms with van der Waals surface area (Å²) in [5.41, 5.74) is 7.64. The van der Waals surface area contributed by atoms with Crippen molar-refractivity contribution in [3.63, 3.8) is 0 Å². The van der Waals surface area contributed by atoms with Crippen LogP contribution in [0.4, 0.5) is 11.4 Å². The van der Waals surface area contributed by atoms with Gasteiger partial charge in [-0.15, -0.1) is 0 Å². The molecule has 0 fully saturated rings. The van der Waals surface area contributed by atoms with E-state index >= 15 is 0 Å². The van der Waals surface area contributed by atoms with Gasteiger partial charge < -0.3 is 20.9 Å². The van der Waals surface area contributed by atoms with Crippen molar-refractivity contribution in [2.75, 3.05) is 24.2 Å². The monoisotopic (exact) mass is 266 g/mol. The molecule has 4 heteroatoms. The summed E-state index contributed by atoms with van der Waals surface area (Å²) in [6.45, 7) is 9.12. The summed E-state index contributed by atoms with van der Waals surface area (Å²) >= 11 is 0. The molecule has 4 nitrogen and oxygen atoms in total. The Hall–Kier alpha value is -1.42. The van der Waals surface area contributed by atoms with E-state index in [-0.39, 0.29) is 18.1 Å². The molecule has 0 saturated heterocycles. The van der Waals surface area contributed by atoms with E-state index in [1.165, 1.54) is 0 Å². The van der Waals surface area contributed by atoms with E-state index in [4.69, 9.17) is 15.6 Å². The minimum absolute atomic E-state index is 0.0239. The van der Waals surface area contributed by atoms with E-state index in [0.717, 1.165) is 18.7 Å². The topological polar surface area (TPSA) is 67.5 Å². The number of aliphatic hydroxyl groups excluding tert-OH is 1. The highest BCUT2D eigenvalue weighted by atomic mass is 16.5. The third kappa shape index (κ3) is 4.99. The molecule has 0 atom stereocenters. The summed E-state index contributed by atoms with van der Waals surface area (Å²) in [4.78, 5) is 0. The molecule has 1 rings (SSSR count). The summed E-state index contributed by atoms with van der Waals surface area (Å²) in [6, 6.07) is 5.74. The number of aliphatic hydroxyl groups is 1. The highest BCUT2D eigenvalue weighted by Crippen LogP contribution is 2.31. The van der Waals surface area contributed by atoms with Gasteiger partial charge in [-0.05, 0) is 37.8 Å². The first-order valence-corrected chi connectivity index (χ1v) is 6.75. The molecule has 0 aromatic heterocycles. The Kier molecular flexibility index (Phi) is 5.48. The molecule has 0 heterocycles. The molecule has 0 unspecified atom stereocenters. The van der Waals surface area contributed by atoms with Crippen molar-refractivity contribution in [2.24, 2.45) is 5.41 Å². The van der Waals surface area contributed by atoms with E-state index in [1.54, 1.807) is 0 Å². The minimum Gasteiger partial charge on any atom is -0.489 e. The van der Waals surface area contributed by atoms with Crippen molar-refractivity contribution in [1.29, 1.82) is 0 Å². The molecule has 4 N–H and O–H groups in total. The van der Waals surface area contributed by atoms with Gasteiger partial charge in [-0.1, -0.05) is 19.9 Å². The number of benzene rings is 1.